The molecule has 1 aliphatic heterocycles. The number of aliphatic hydroxyl groups is 1. The fourth-order valence-electron chi connectivity index (χ4n) is 5.35. The zero-order chi connectivity index (χ0) is 26.6. The monoisotopic (exact) mass is 510 g/mol. The van der Waals surface area contributed by atoms with Crippen molar-refractivity contribution >= 4 is 18.7 Å². The molecule has 0 aliphatic carbocycles. The smallest absolute Gasteiger partial charge is 0.261 e. The van der Waals surface area contributed by atoms with Crippen molar-refractivity contribution in [1.82, 2.24) is 0 Å². The van der Waals surface area contributed by atoms with Crippen LogP contribution in [0.5, 0.6) is 0 Å². The van der Waals surface area contributed by atoms with Gasteiger partial charge in [-0.25, -0.2) is 0 Å². The van der Waals surface area contributed by atoms with Gasteiger partial charge in [-0.2, -0.15) is 0 Å². The standard InChI is InChI=1S/C31H46O4Si/c1-23(19-20-24(2)29-28(21-22-32)33-31(7,8)34-29)25(3)35-36(30(4,5)6,26-15-11-9-12-16-26)27-17-13-10-14-18-27/h9-20,23-25,28-29,32H,21-22H2,1-8H3/b20-19-/t23-,24-,25+,28+,29?/m1/s1. The molecular formula is C31H46O4Si. The van der Waals surface area contributed by atoms with Crippen LogP contribution in [0.2, 0.25) is 5.04 Å². The number of benzene rings is 2. The Morgan fingerprint density at radius 3 is 1.92 bits per heavy atom. The van der Waals surface area contributed by atoms with Crippen LogP contribution < -0.4 is 10.4 Å². The molecule has 1 N–H and O–H groups in total. The predicted octanol–water partition coefficient (Wildman–Crippen LogP) is 5.68. The summed E-state index contributed by atoms with van der Waals surface area (Å²) in [4.78, 5) is 0. The van der Waals surface area contributed by atoms with E-state index < -0.39 is 14.1 Å². The Morgan fingerprint density at radius 2 is 1.44 bits per heavy atom. The van der Waals surface area contributed by atoms with E-state index in [-0.39, 0.29) is 41.8 Å². The van der Waals surface area contributed by atoms with Crippen LogP contribution in [0, 0.1) is 11.8 Å². The molecule has 36 heavy (non-hydrogen) atoms. The van der Waals surface area contributed by atoms with Crippen LogP contribution in [-0.2, 0) is 13.9 Å². The maximum Gasteiger partial charge on any atom is 0.261 e. The highest BCUT2D eigenvalue weighted by Crippen LogP contribution is 2.38. The molecule has 1 aliphatic rings. The minimum absolute atomic E-state index is 0.0187. The lowest BCUT2D eigenvalue weighted by atomic mass is 9.95. The van der Waals surface area contributed by atoms with Crippen molar-refractivity contribution in [3.05, 3.63) is 72.8 Å². The van der Waals surface area contributed by atoms with Gasteiger partial charge in [0.15, 0.2) is 5.79 Å². The van der Waals surface area contributed by atoms with E-state index in [2.05, 4.69) is 114 Å². The average Bonchev–Trinajstić information content (AvgIpc) is 3.15. The summed E-state index contributed by atoms with van der Waals surface area (Å²) in [6.07, 6.45) is 4.90. The van der Waals surface area contributed by atoms with Crippen molar-refractivity contribution < 1.29 is 19.0 Å². The highest BCUT2D eigenvalue weighted by Gasteiger charge is 2.51. The normalized spacial score (nSPS) is 23.0. The first-order valence-corrected chi connectivity index (χ1v) is 15.3. The van der Waals surface area contributed by atoms with E-state index in [1.54, 1.807) is 0 Å². The van der Waals surface area contributed by atoms with Gasteiger partial charge in [0.25, 0.3) is 8.32 Å². The molecule has 4 nitrogen and oxygen atoms in total. The summed E-state index contributed by atoms with van der Waals surface area (Å²) in [7, 11) is -2.60. The molecule has 1 unspecified atom stereocenters. The van der Waals surface area contributed by atoms with E-state index >= 15 is 0 Å². The van der Waals surface area contributed by atoms with Gasteiger partial charge in [0.1, 0.15) is 0 Å². The third kappa shape index (κ3) is 6.38. The molecule has 0 radical (unpaired) electrons. The molecule has 0 spiro atoms. The Morgan fingerprint density at radius 1 is 0.917 bits per heavy atom. The van der Waals surface area contributed by atoms with Gasteiger partial charge in [-0.15, -0.1) is 0 Å². The molecule has 2 aromatic carbocycles. The maximum atomic E-state index is 9.48. The van der Waals surface area contributed by atoms with Gasteiger partial charge < -0.3 is 19.0 Å². The number of rotatable bonds is 10. The molecule has 0 saturated carbocycles. The Bertz CT molecular complexity index is 928. The second-order valence-electron chi connectivity index (χ2n) is 11.7. The van der Waals surface area contributed by atoms with Crippen molar-refractivity contribution in [3.63, 3.8) is 0 Å². The summed E-state index contributed by atoms with van der Waals surface area (Å²) in [6.45, 7) is 17.5. The second kappa shape index (κ2) is 11.7. The highest BCUT2D eigenvalue weighted by atomic mass is 28.4. The van der Waals surface area contributed by atoms with E-state index in [9.17, 15) is 5.11 Å². The molecule has 0 amide bonds. The number of hydrogen-bond acceptors (Lipinski definition) is 4. The zero-order valence-electron chi connectivity index (χ0n) is 23.4. The fourth-order valence-corrected chi connectivity index (χ4v) is 10.1. The quantitative estimate of drug-likeness (QED) is 0.330. The van der Waals surface area contributed by atoms with Gasteiger partial charge in [0.2, 0.25) is 0 Å². The van der Waals surface area contributed by atoms with Gasteiger partial charge in [0, 0.05) is 18.6 Å². The Hall–Kier alpha value is -1.76. The minimum atomic E-state index is -2.60. The van der Waals surface area contributed by atoms with Crippen LogP contribution in [0.1, 0.15) is 61.8 Å². The summed E-state index contributed by atoms with van der Waals surface area (Å²) in [5, 5.41) is 12.0. The number of hydrogen-bond donors (Lipinski definition) is 1. The third-order valence-corrected chi connectivity index (χ3v) is 12.5. The Labute approximate surface area is 219 Å². The molecule has 5 atom stereocenters. The molecular weight excluding hydrogens is 464 g/mol. The van der Waals surface area contributed by atoms with Crippen LogP contribution in [0.25, 0.3) is 0 Å². The second-order valence-corrected chi connectivity index (χ2v) is 16.0. The van der Waals surface area contributed by atoms with E-state index in [0.717, 1.165) is 0 Å². The lowest BCUT2D eigenvalue weighted by Crippen LogP contribution is -2.67. The van der Waals surface area contributed by atoms with Gasteiger partial charge >= 0.3 is 0 Å². The molecule has 198 valence electrons. The predicted molar refractivity (Wildman–Crippen MR) is 151 cm³/mol. The van der Waals surface area contributed by atoms with Gasteiger partial charge in [-0.3, -0.25) is 0 Å². The van der Waals surface area contributed by atoms with E-state index in [1.165, 1.54) is 10.4 Å². The molecule has 1 fully saturated rings. The van der Waals surface area contributed by atoms with Crippen molar-refractivity contribution in [2.75, 3.05) is 6.61 Å². The molecule has 5 heteroatoms. The molecule has 3 rings (SSSR count). The van der Waals surface area contributed by atoms with Crippen LogP contribution in [-0.4, -0.2) is 44.1 Å². The summed E-state index contributed by atoms with van der Waals surface area (Å²) in [5.41, 5.74) is 0. The molecule has 0 bridgehead atoms. The SMILES string of the molecule is C[C@H](/C=C\[C@@H](C)[C@H](C)O[Si](c1ccccc1)(c1ccccc1)C(C)(C)C)C1OC(C)(C)O[C@H]1CCO. The molecule has 1 heterocycles. The van der Waals surface area contributed by atoms with Crippen LogP contribution in [0.3, 0.4) is 0 Å². The largest absolute Gasteiger partial charge is 0.404 e. The first-order valence-electron chi connectivity index (χ1n) is 13.3. The summed E-state index contributed by atoms with van der Waals surface area (Å²) in [6, 6.07) is 21.6. The maximum absolute atomic E-state index is 9.48. The third-order valence-electron chi connectivity index (χ3n) is 7.39. The van der Waals surface area contributed by atoms with Crippen molar-refractivity contribution in [2.45, 2.75) is 90.9 Å². The molecule has 2 aromatic rings. The number of aliphatic hydroxyl groups excluding tert-OH is 1. The highest BCUT2D eigenvalue weighted by molar-refractivity contribution is 6.99. The molecule has 1 saturated heterocycles. The van der Waals surface area contributed by atoms with Gasteiger partial charge in [-0.1, -0.05) is 107 Å². The van der Waals surface area contributed by atoms with Gasteiger partial charge in [-0.05, 0) is 48.5 Å². The summed E-state index contributed by atoms with van der Waals surface area (Å²) in [5.74, 6) is -0.260. The zero-order valence-corrected chi connectivity index (χ0v) is 24.4. The van der Waals surface area contributed by atoms with Crippen molar-refractivity contribution in [1.29, 1.82) is 0 Å². The topological polar surface area (TPSA) is 47.9 Å². The lowest BCUT2D eigenvalue weighted by molar-refractivity contribution is -0.149. The lowest BCUT2D eigenvalue weighted by Gasteiger charge is -2.45. The van der Waals surface area contributed by atoms with Crippen molar-refractivity contribution in [2.24, 2.45) is 11.8 Å². The fraction of sp³-hybridized carbons (Fsp3) is 0.548. The minimum Gasteiger partial charge on any atom is -0.404 e. The Kier molecular flexibility index (Phi) is 9.39. The van der Waals surface area contributed by atoms with E-state index in [1.807, 2.05) is 13.8 Å². The van der Waals surface area contributed by atoms with Crippen LogP contribution in [0.4, 0.5) is 0 Å². The summed E-state index contributed by atoms with van der Waals surface area (Å²) >= 11 is 0. The van der Waals surface area contributed by atoms with Gasteiger partial charge in [0.05, 0.1) is 12.2 Å². The Balaban J connectivity index is 1.86. The average molecular weight is 511 g/mol. The molecule has 0 aromatic heterocycles. The van der Waals surface area contributed by atoms with Crippen LogP contribution >= 0.6 is 0 Å². The summed E-state index contributed by atoms with van der Waals surface area (Å²) < 4.78 is 19.5. The van der Waals surface area contributed by atoms with Crippen molar-refractivity contribution in [3.8, 4) is 0 Å². The van der Waals surface area contributed by atoms with E-state index in [4.69, 9.17) is 13.9 Å². The number of ether oxygens (including phenoxy) is 2. The first-order chi connectivity index (χ1) is 16.9. The first kappa shape index (κ1) is 28.8. The van der Waals surface area contributed by atoms with E-state index in [0.29, 0.717) is 6.42 Å². The van der Waals surface area contributed by atoms with Crippen LogP contribution in [0.15, 0.2) is 72.8 Å².